The molecule has 1 saturated heterocycles. The second kappa shape index (κ2) is 12.1. The molecule has 7 nitrogen and oxygen atoms in total. The topological polar surface area (TPSA) is 89.4 Å². The predicted octanol–water partition coefficient (Wildman–Crippen LogP) is 3.94. The molecule has 1 aromatic heterocycles. The van der Waals surface area contributed by atoms with Crippen molar-refractivity contribution in [2.24, 2.45) is 0 Å². The van der Waals surface area contributed by atoms with Crippen LogP contribution in [0.4, 0.5) is 4.39 Å². The van der Waals surface area contributed by atoms with Gasteiger partial charge in [-0.3, -0.25) is 14.4 Å². The van der Waals surface area contributed by atoms with Gasteiger partial charge in [0.1, 0.15) is 16.9 Å². The lowest BCUT2D eigenvalue weighted by atomic mass is 9.96. The highest BCUT2D eigenvalue weighted by Crippen LogP contribution is 2.18. The molecule has 1 aliphatic heterocycles. The summed E-state index contributed by atoms with van der Waals surface area (Å²) in [4.78, 5) is 39.4. The van der Waals surface area contributed by atoms with Gasteiger partial charge in [0.2, 0.25) is 5.43 Å². The molecule has 1 saturated carbocycles. The molecule has 0 spiro atoms. The zero-order valence-corrected chi connectivity index (χ0v) is 20.1. The minimum Gasteiger partial charge on any atom is -0.376 e. The summed E-state index contributed by atoms with van der Waals surface area (Å²) < 4.78 is 21.4. The highest BCUT2D eigenvalue weighted by atomic mass is 19.1. The number of carbonyl (C=O) groups excluding carboxylic acids is 2. The van der Waals surface area contributed by atoms with Gasteiger partial charge in [0, 0.05) is 43.7 Å². The molecule has 2 N–H and O–H groups in total. The third-order valence-electron chi connectivity index (χ3n) is 6.84. The van der Waals surface area contributed by atoms with Gasteiger partial charge in [-0.2, -0.15) is 0 Å². The smallest absolute Gasteiger partial charge is 0.257 e. The maximum atomic E-state index is 14.0. The molecule has 2 fully saturated rings. The molecule has 1 atom stereocenters. The molecule has 188 valence electrons. The van der Waals surface area contributed by atoms with E-state index in [2.05, 4.69) is 10.6 Å². The minimum atomic E-state index is -0.639. The normalized spacial score (nSPS) is 19.1. The van der Waals surface area contributed by atoms with Gasteiger partial charge in [-0.15, -0.1) is 0 Å². The summed E-state index contributed by atoms with van der Waals surface area (Å²) >= 11 is 0. The van der Waals surface area contributed by atoms with Crippen molar-refractivity contribution in [3.63, 3.8) is 0 Å². The van der Waals surface area contributed by atoms with Crippen LogP contribution in [-0.2, 0) is 17.8 Å². The third kappa shape index (κ3) is 6.78. The Balaban J connectivity index is 1.56. The van der Waals surface area contributed by atoms with Gasteiger partial charge >= 0.3 is 0 Å². The Kier molecular flexibility index (Phi) is 8.69. The van der Waals surface area contributed by atoms with E-state index in [-0.39, 0.29) is 29.8 Å². The first-order chi connectivity index (χ1) is 17.0. The van der Waals surface area contributed by atoms with Crippen molar-refractivity contribution in [2.45, 2.75) is 83.0 Å². The van der Waals surface area contributed by atoms with E-state index in [0.29, 0.717) is 18.7 Å². The van der Waals surface area contributed by atoms with E-state index in [4.69, 9.17) is 4.74 Å². The number of hydrogen-bond donors (Lipinski definition) is 2. The van der Waals surface area contributed by atoms with Crippen molar-refractivity contribution in [1.82, 2.24) is 15.2 Å². The summed E-state index contributed by atoms with van der Waals surface area (Å²) in [5, 5.41) is 5.66. The van der Waals surface area contributed by atoms with Gasteiger partial charge in [0.15, 0.2) is 0 Å². The Morgan fingerprint density at radius 1 is 0.943 bits per heavy atom. The lowest BCUT2D eigenvalue weighted by molar-refractivity contribution is 0.0914. The number of rotatable bonds is 7. The zero-order chi connectivity index (χ0) is 24.6. The summed E-state index contributed by atoms with van der Waals surface area (Å²) in [7, 11) is 0. The Labute approximate surface area is 205 Å². The van der Waals surface area contributed by atoms with Gasteiger partial charge in [-0.1, -0.05) is 50.3 Å². The predicted molar refractivity (Wildman–Crippen MR) is 131 cm³/mol. The molecule has 2 aliphatic rings. The Morgan fingerprint density at radius 3 is 2.31 bits per heavy atom. The maximum absolute atomic E-state index is 14.0. The van der Waals surface area contributed by atoms with E-state index in [0.717, 1.165) is 51.4 Å². The minimum absolute atomic E-state index is 0.0207. The lowest BCUT2D eigenvalue weighted by Crippen LogP contribution is -2.40. The molecule has 8 heteroatoms. The monoisotopic (exact) mass is 483 g/mol. The molecule has 4 rings (SSSR count). The number of amides is 2. The number of nitrogens with one attached hydrogen (secondary N) is 2. The second-order valence-electron chi connectivity index (χ2n) is 9.54. The quantitative estimate of drug-likeness (QED) is 0.624. The standard InChI is InChI=1S/C27H34FN3O4/c28-24-13-7-6-9-19(24)15-29-26(33)22-17-31(16-21-12-8-14-35-21)18-23(25(22)32)27(34)30-20-10-4-2-1-3-5-11-20/h6-7,9,13,17-18,20-21H,1-5,8,10-12,14-16H2,(H,29,33)(H,30,34). The molecule has 1 unspecified atom stereocenters. The average Bonchev–Trinajstić information content (AvgIpc) is 3.34. The number of nitrogens with zero attached hydrogens (tertiary/aromatic N) is 1. The van der Waals surface area contributed by atoms with E-state index in [1.807, 2.05) is 0 Å². The number of ether oxygens (including phenoxy) is 1. The van der Waals surface area contributed by atoms with Crippen LogP contribution in [0, 0.1) is 5.82 Å². The molecule has 35 heavy (non-hydrogen) atoms. The van der Waals surface area contributed by atoms with E-state index < -0.39 is 23.1 Å². The van der Waals surface area contributed by atoms with Crippen LogP contribution in [0.1, 0.15) is 84.1 Å². The molecule has 0 bridgehead atoms. The van der Waals surface area contributed by atoms with Crippen molar-refractivity contribution in [2.75, 3.05) is 6.61 Å². The highest BCUT2D eigenvalue weighted by Gasteiger charge is 2.24. The Bertz CT molecular complexity index is 1090. The van der Waals surface area contributed by atoms with E-state index in [9.17, 15) is 18.8 Å². The number of pyridine rings is 1. The van der Waals surface area contributed by atoms with Crippen LogP contribution in [0.3, 0.4) is 0 Å². The highest BCUT2D eigenvalue weighted by molar-refractivity contribution is 5.99. The van der Waals surface area contributed by atoms with Crippen molar-refractivity contribution in [3.05, 3.63) is 69.4 Å². The number of carbonyl (C=O) groups is 2. The summed E-state index contributed by atoms with van der Waals surface area (Å²) in [5.74, 6) is -1.53. The molecule has 1 aromatic carbocycles. The summed E-state index contributed by atoms with van der Waals surface area (Å²) in [6.07, 6.45) is 12.2. The summed E-state index contributed by atoms with van der Waals surface area (Å²) in [6.45, 7) is 1.06. The van der Waals surface area contributed by atoms with Crippen LogP contribution in [0.5, 0.6) is 0 Å². The first-order valence-electron chi connectivity index (χ1n) is 12.7. The number of benzene rings is 1. The first-order valence-corrected chi connectivity index (χ1v) is 12.7. The van der Waals surface area contributed by atoms with Gasteiger partial charge < -0.3 is 19.9 Å². The van der Waals surface area contributed by atoms with Crippen LogP contribution in [0.2, 0.25) is 0 Å². The molecular weight excluding hydrogens is 449 g/mol. The van der Waals surface area contributed by atoms with E-state index in [1.165, 1.54) is 24.9 Å². The average molecular weight is 484 g/mol. The van der Waals surface area contributed by atoms with Gasteiger partial charge in [0.25, 0.3) is 11.8 Å². The van der Waals surface area contributed by atoms with Crippen molar-refractivity contribution >= 4 is 11.8 Å². The molecule has 0 radical (unpaired) electrons. The van der Waals surface area contributed by atoms with Gasteiger partial charge in [0.05, 0.1) is 6.10 Å². The van der Waals surface area contributed by atoms with Crippen molar-refractivity contribution < 1.29 is 18.7 Å². The Morgan fingerprint density at radius 2 is 1.63 bits per heavy atom. The lowest BCUT2D eigenvalue weighted by Gasteiger charge is -2.21. The SMILES string of the molecule is O=C(NCc1ccccc1F)c1cn(CC2CCCO2)cc(C(=O)NC2CCCCCCC2)c1=O. The third-order valence-corrected chi connectivity index (χ3v) is 6.84. The molecule has 1 aliphatic carbocycles. The summed E-state index contributed by atoms with van der Waals surface area (Å²) in [6, 6.07) is 6.16. The van der Waals surface area contributed by atoms with E-state index >= 15 is 0 Å². The molecule has 2 heterocycles. The zero-order valence-electron chi connectivity index (χ0n) is 20.1. The van der Waals surface area contributed by atoms with Crippen LogP contribution >= 0.6 is 0 Å². The molecule has 2 aromatic rings. The number of aromatic nitrogens is 1. The summed E-state index contributed by atoms with van der Waals surface area (Å²) in [5.41, 5.74) is -0.491. The fourth-order valence-corrected chi connectivity index (χ4v) is 4.86. The van der Waals surface area contributed by atoms with Crippen molar-refractivity contribution in [3.8, 4) is 0 Å². The largest absolute Gasteiger partial charge is 0.376 e. The molecular formula is C27H34FN3O4. The fourth-order valence-electron chi connectivity index (χ4n) is 4.86. The number of hydrogen-bond acceptors (Lipinski definition) is 4. The first kappa shape index (κ1) is 25.1. The second-order valence-corrected chi connectivity index (χ2v) is 9.54. The molecule has 2 amide bonds. The number of halogens is 1. The fraction of sp³-hybridized carbons (Fsp3) is 0.519. The van der Waals surface area contributed by atoms with Crippen molar-refractivity contribution in [1.29, 1.82) is 0 Å². The van der Waals surface area contributed by atoms with E-state index in [1.54, 1.807) is 22.8 Å². The van der Waals surface area contributed by atoms with Crippen LogP contribution in [-0.4, -0.2) is 35.1 Å². The van der Waals surface area contributed by atoms with Crippen LogP contribution in [0.15, 0.2) is 41.5 Å². The van der Waals surface area contributed by atoms with Gasteiger partial charge in [-0.25, -0.2) is 4.39 Å². The van der Waals surface area contributed by atoms with Crippen LogP contribution in [0.25, 0.3) is 0 Å². The Hall–Kier alpha value is -3.00. The van der Waals surface area contributed by atoms with Gasteiger partial charge in [-0.05, 0) is 31.7 Å². The van der Waals surface area contributed by atoms with Crippen LogP contribution < -0.4 is 16.1 Å². The maximum Gasteiger partial charge on any atom is 0.257 e.